The summed E-state index contributed by atoms with van der Waals surface area (Å²) in [5.74, 6) is 0. The Morgan fingerprint density at radius 1 is 0.618 bits per heavy atom. The van der Waals surface area contributed by atoms with Crippen LogP contribution in [0.2, 0.25) is 0 Å². The van der Waals surface area contributed by atoms with Crippen LogP contribution >= 0.6 is 0 Å². The van der Waals surface area contributed by atoms with E-state index in [0.29, 0.717) is 11.4 Å². The van der Waals surface area contributed by atoms with Crippen LogP contribution in [-0.4, -0.2) is 20.2 Å². The summed E-state index contributed by atoms with van der Waals surface area (Å²) >= 11 is 0. The molecule has 4 rings (SSSR count). The summed E-state index contributed by atoms with van der Waals surface area (Å²) in [5.41, 5.74) is -1.85. The van der Waals surface area contributed by atoms with Crippen LogP contribution in [0.4, 0.5) is 26.3 Å². The van der Waals surface area contributed by atoms with Crippen LogP contribution in [0.5, 0.6) is 0 Å². The molecule has 0 aromatic carbocycles. The fourth-order valence-corrected chi connectivity index (χ4v) is 3.10. The smallest absolute Gasteiger partial charge is 0.573 e. The van der Waals surface area contributed by atoms with Crippen molar-refractivity contribution in [1.82, 2.24) is 30.4 Å². The van der Waals surface area contributed by atoms with Gasteiger partial charge in [-0.25, -0.2) is 0 Å². The Morgan fingerprint density at radius 2 is 1.00 bits per heavy atom. The molecule has 0 aliphatic carbocycles. The molecule has 0 unspecified atom stereocenters. The molecule has 172 valence electrons. The normalized spacial score (nSPS) is 12.5. The third-order valence-electron chi connectivity index (χ3n) is 4.96. The number of hydrogen-bond acceptors (Lipinski definition) is 4. The van der Waals surface area contributed by atoms with Gasteiger partial charge in [0.15, 0.2) is 0 Å². The van der Waals surface area contributed by atoms with Gasteiger partial charge in [-0.15, -0.1) is 0 Å². The molecule has 0 bridgehead atoms. The molecular formula is C21H14F6N6Zn. The monoisotopic (exact) mass is 528 g/mol. The molecule has 4 aromatic rings. The van der Waals surface area contributed by atoms with Crippen molar-refractivity contribution in [2.75, 3.05) is 0 Å². The number of rotatable bonds is 4. The van der Waals surface area contributed by atoms with Crippen LogP contribution in [0.15, 0.2) is 48.5 Å². The summed E-state index contributed by atoms with van der Waals surface area (Å²) in [5, 5.41) is 13.5. The van der Waals surface area contributed by atoms with Gasteiger partial charge >= 0.3 is 31.8 Å². The van der Waals surface area contributed by atoms with Crippen molar-refractivity contribution >= 4 is 0 Å². The second-order valence-electron chi connectivity index (χ2n) is 7.67. The molecule has 6 nitrogen and oxygen atoms in total. The molecule has 0 saturated heterocycles. The van der Waals surface area contributed by atoms with E-state index in [4.69, 9.17) is 0 Å². The van der Waals surface area contributed by atoms with E-state index in [-0.39, 0.29) is 42.3 Å². The molecular weight excluding hydrogens is 516 g/mol. The molecule has 0 saturated carbocycles. The molecule has 34 heavy (non-hydrogen) atoms. The second kappa shape index (κ2) is 8.94. The molecule has 0 N–H and O–H groups in total. The maximum absolute atomic E-state index is 12.8. The maximum atomic E-state index is 12.8. The predicted octanol–water partition coefficient (Wildman–Crippen LogP) is 4.88. The van der Waals surface area contributed by atoms with Crippen molar-refractivity contribution in [3.8, 4) is 22.8 Å². The fourth-order valence-electron chi connectivity index (χ4n) is 3.10. The molecule has 13 heteroatoms. The van der Waals surface area contributed by atoms with Gasteiger partial charge in [0.05, 0.1) is 11.4 Å². The van der Waals surface area contributed by atoms with E-state index in [2.05, 4.69) is 30.4 Å². The molecule has 0 fully saturated rings. The molecule has 4 aromatic heterocycles. The number of pyridine rings is 2. The Bertz CT molecular complexity index is 1190. The Morgan fingerprint density at radius 3 is 1.32 bits per heavy atom. The van der Waals surface area contributed by atoms with Gasteiger partial charge in [-0.2, -0.15) is 26.3 Å². The number of halogens is 6. The number of nitrogens with zero attached hydrogens (tertiary/aromatic N) is 6. The SMILES string of the molecule is CC(C)(c1cccc(-c2cc(C(F)(F)F)n[n-]2)n1)c1cccc(-c2cc(C(F)(F)F)n[n-]2)n1.[Zn+2]. The minimum atomic E-state index is -4.62. The zero-order valence-corrected chi connectivity index (χ0v) is 20.7. The van der Waals surface area contributed by atoms with Gasteiger partial charge in [0.2, 0.25) is 0 Å². The molecule has 0 aliphatic heterocycles. The first-order valence-electron chi connectivity index (χ1n) is 9.47. The van der Waals surface area contributed by atoms with Gasteiger partial charge in [-0.3, -0.25) is 9.97 Å². The third-order valence-corrected chi connectivity index (χ3v) is 4.96. The Labute approximate surface area is 202 Å². The van der Waals surface area contributed by atoms with E-state index in [1.165, 1.54) is 12.1 Å². The summed E-state index contributed by atoms with van der Waals surface area (Å²) < 4.78 is 77.1. The quantitative estimate of drug-likeness (QED) is 0.277. The minimum Gasteiger partial charge on any atom is -0.573 e. The van der Waals surface area contributed by atoms with Crippen molar-refractivity contribution in [3.05, 3.63) is 71.3 Å². The fraction of sp³-hybridized carbons (Fsp3) is 0.238. The first-order valence-corrected chi connectivity index (χ1v) is 9.47. The van der Waals surface area contributed by atoms with Crippen molar-refractivity contribution in [2.45, 2.75) is 31.6 Å². The van der Waals surface area contributed by atoms with Crippen LogP contribution < -0.4 is 10.2 Å². The van der Waals surface area contributed by atoms with Crippen LogP contribution in [0.1, 0.15) is 36.6 Å². The average molecular weight is 530 g/mol. The zero-order valence-electron chi connectivity index (χ0n) is 17.8. The third kappa shape index (κ3) is 5.04. The summed E-state index contributed by atoms with van der Waals surface area (Å²) in [6.45, 7) is 3.56. The Balaban J connectivity index is 0.00000324. The van der Waals surface area contributed by atoms with Gasteiger partial charge in [0, 0.05) is 16.8 Å². The van der Waals surface area contributed by atoms with Gasteiger partial charge < -0.3 is 20.4 Å². The molecule has 0 spiro atoms. The summed E-state index contributed by atoms with van der Waals surface area (Å²) in [4.78, 5) is 8.88. The summed E-state index contributed by atoms with van der Waals surface area (Å²) in [6.07, 6.45) is -9.25. The minimum absolute atomic E-state index is 0. The Kier molecular flexibility index (Phi) is 6.71. The van der Waals surface area contributed by atoms with Crippen LogP contribution in [-0.2, 0) is 37.2 Å². The summed E-state index contributed by atoms with van der Waals surface area (Å²) in [6, 6.07) is 11.2. The first-order chi connectivity index (χ1) is 15.4. The largest absolute Gasteiger partial charge is 2.00 e. The van der Waals surface area contributed by atoms with E-state index in [1.807, 2.05) is 0 Å². The molecule has 0 amide bonds. The predicted molar refractivity (Wildman–Crippen MR) is 104 cm³/mol. The van der Waals surface area contributed by atoms with Crippen LogP contribution in [0, 0.1) is 0 Å². The van der Waals surface area contributed by atoms with Crippen molar-refractivity contribution < 1.29 is 45.8 Å². The topological polar surface area (TPSA) is 79.8 Å². The number of alkyl halides is 6. The van der Waals surface area contributed by atoms with Crippen LogP contribution in [0.25, 0.3) is 22.8 Å². The van der Waals surface area contributed by atoms with E-state index in [1.54, 1.807) is 38.1 Å². The van der Waals surface area contributed by atoms with Gasteiger partial charge in [-0.1, -0.05) is 23.5 Å². The maximum Gasteiger partial charge on any atom is 2.00 e. The van der Waals surface area contributed by atoms with Gasteiger partial charge in [-0.05, 0) is 50.2 Å². The molecule has 0 radical (unpaired) electrons. The number of aromatic nitrogens is 6. The van der Waals surface area contributed by atoms with Crippen molar-refractivity contribution in [1.29, 1.82) is 0 Å². The van der Waals surface area contributed by atoms with Crippen LogP contribution in [0.3, 0.4) is 0 Å². The van der Waals surface area contributed by atoms with E-state index in [0.717, 1.165) is 12.1 Å². The van der Waals surface area contributed by atoms with E-state index in [9.17, 15) is 26.3 Å². The molecule has 4 heterocycles. The Hall–Kier alpha value is -3.08. The van der Waals surface area contributed by atoms with Crippen molar-refractivity contribution in [2.24, 2.45) is 0 Å². The second-order valence-corrected chi connectivity index (χ2v) is 7.67. The first kappa shape index (κ1) is 25.5. The van der Waals surface area contributed by atoms with Crippen molar-refractivity contribution in [3.63, 3.8) is 0 Å². The standard InChI is InChI=1S/C21H14F6N6.Zn/c1-19(2,15-7-3-5-11(28-15)13-9-17(32-30-13)20(22,23)24)16-8-4-6-12(29-16)14-10-18(33-31-14)21(25,26)27;/h3-10H,1-2H3;/q-2;+2. The zero-order chi connectivity index (χ0) is 24.0. The summed E-state index contributed by atoms with van der Waals surface area (Å²) in [7, 11) is 0. The number of hydrogen-bond donors (Lipinski definition) is 0. The molecule has 0 aliphatic rings. The van der Waals surface area contributed by atoms with E-state index < -0.39 is 29.2 Å². The van der Waals surface area contributed by atoms with Gasteiger partial charge in [0.1, 0.15) is 11.4 Å². The average Bonchev–Trinajstić information content (AvgIpc) is 3.44. The molecule has 0 atom stereocenters. The van der Waals surface area contributed by atoms with E-state index >= 15 is 0 Å². The van der Waals surface area contributed by atoms with Gasteiger partial charge in [0.25, 0.3) is 0 Å².